The van der Waals surface area contributed by atoms with E-state index in [1.807, 2.05) is 0 Å². The molecule has 1 N–H and O–H groups in total. The molecular formula is C8H14O3. The number of hydrogen-bond donors (Lipinski definition) is 1. The van der Waals surface area contributed by atoms with E-state index in [1.165, 1.54) is 7.11 Å². The highest BCUT2D eigenvalue weighted by Gasteiger charge is 2.08. The smallest absolute Gasteiger partial charge is 0.308 e. The molecule has 0 amide bonds. The van der Waals surface area contributed by atoms with Gasteiger partial charge in [-0.05, 0) is 12.8 Å². The molecule has 1 unspecified atom stereocenters. The molecule has 0 saturated heterocycles. The predicted molar refractivity (Wildman–Crippen MR) is 42.1 cm³/mol. The lowest BCUT2D eigenvalue weighted by Gasteiger charge is -2.06. The third-order valence-corrected chi connectivity index (χ3v) is 1.33. The summed E-state index contributed by atoms with van der Waals surface area (Å²) in [4.78, 5) is 10.6. The topological polar surface area (TPSA) is 46.5 Å². The fraction of sp³-hybridized carbons (Fsp3) is 0.625. The molecule has 3 nitrogen and oxygen atoms in total. The second kappa shape index (κ2) is 5.92. The zero-order valence-corrected chi connectivity index (χ0v) is 6.75. The van der Waals surface area contributed by atoms with Crippen LogP contribution in [0.5, 0.6) is 0 Å². The van der Waals surface area contributed by atoms with E-state index in [1.54, 1.807) is 6.08 Å². The summed E-state index contributed by atoms with van der Waals surface area (Å²) < 4.78 is 4.38. The Bertz CT molecular complexity index is 131. The molecule has 0 aromatic rings. The Labute approximate surface area is 66.7 Å². The van der Waals surface area contributed by atoms with Crippen molar-refractivity contribution in [1.29, 1.82) is 0 Å². The van der Waals surface area contributed by atoms with Crippen molar-refractivity contribution >= 4 is 5.97 Å². The highest BCUT2D eigenvalue weighted by atomic mass is 16.5. The van der Waals surface area contributed by atoms with Gasteiger partial charge in [-0.25, -0.2) is 0 Å². The summed E-state index contributed by atoms with van der Waals surface area (Å²) in [7, 11) is 1.31. The van der Waals surface area contributed by atoms with Gasteiger partial charge in [0, 0.05) is 0 Å². The van der Waals surface area contributed by atoms with Gasteiger partial charge in [-0.3, -0.25) is 4.79 Å². The monoisotopic (exact) mass is 158 g/mol. The summed E-state index contributed by atoms with van der Waals surface area (Å²) in [5.74, 6) is -0.374. The lowest BCUT2D eigenvalue weighted by molar-refractivity contribution is -0.142. The fourth-order valence-electron chi connectivity index (χ4n) is 0.688. The van der Waals surface area contributed by atoms with Crippen molar-refractivity contribution in [2.24, 2.45) is 0 Å². The summed E-state index contributed by atoms with van der Waals surface area (Å²) >= 11 is 0. The van der Waals surface area contributed by atoms with Crippen LogP contribution in [-0.4, -0.2) is 24.3 Å². The number of aliphatic hydroxyl groups is 1. The van der Waals surface area contributed by atoms with E-state index < -0.39 is 6.10 Å². The van der Waals surface area contributed by atoms with Crippen LogP contribution in [0.25, 0.3) is 0 Å². The second-order valence-corrected chi connectivity index (χ2v) is 2.30. The number of allylic oxidation sites excluding steroid dienone is 1. The SMILES string of the molecule is C=CCCC(O)CC(=O)OC. The minimum Gasteiger partial charge on any atom is -0.469 e. The normalized spacial score (nSPS) is 12.2. The summed E-state index contributed by atoms with van der Waals surface area (Å²) in [6.07, 6.45) is 2.47. The van der Waals surface area contributed by atoms with Gasteiger partial charge in [0.1, 0.15) is 0 Å². The molecule has 0 heterocycles. The Kier molecular flexibility index (Phi) is 5.47. The number of hydrogen-bond acceptors (Lipinski definition) is 3. The van der Waals surface area contributed by atoms with Crippen molar-refractivity contribution in [2.75, 3.05) is 7.11 Å². The Morgan fingerprint density at radius 2 is 2.45 bits per heavy atom. The summed E-state index contributed by atoms with van der Waals surface area (Å²) in [6.45, 7) is 3.50. The van der Waals surface area contributed by atoms with E-state index in [9.17, 15) is 4.79 Å². The summed E-state index contributed by atoms with van der Waals surface area (Å²) in [5, 5.41) is 9.13. The van der Waals surface area contributed by atoms with Crippen LogP contribution >= 0.6 is 0 Å². The molecule has 64 valence electrons. The van der Waals surface area contributed by atoms with Crippen molar-refractivity contribution in [1.82, 2.24) is 0 Å². The molecule has 3 heteroatoms. The molecule has 0 fully saturated rings. The molecular weight excluding hydrogens is 144 g/mol. The maximum atomic E-state index is 10.6. The average molecular weight is 158 g/mol. The summed E-state index contributed by atoms with van der Waals surface area (Å²) in [6, 6.07) is 0. The van der Waals surface area contributed by atoms with E-state index in [2.05, 4.69) is 11.3 Å². The Hall–Kier alpha value is -0.830. The van der Waals surface area contributed by atoms with Crippen LogP contribution in [0.4, 0.5) is 0 Å². The minimum atomic E-state index is -0.597. The fourth-order valence-corrected chi connectivity index (χ4v) is 0.688. The number of aliphatic hydroxyl groups excluding tert-OH is 1. The molecule has 1 atom stereocenters. The van der Waals surface area contributed by atoms with Gasteiger partial charge in [-0.2, -0.15) is 0 Å². The van der Waals surface area contributed by atoms with Crippen LogP contribution in [0.15, 0.2) is 12.7 Å². The minimum absolute atomic E-state index is 0.0737. The van der Waals surface area contributed by atoms with Crippen LogP contribution in [-0.2, 0) is 9.53 Å². The number of ether oxygens (including phenoxy) is 1. The first kappa shape index (κ1) is 10.2. The van der Waals surface area contributed by atoms with Crippen LogP contribution in [0.3, 0.4) is 0 Å². The first-order valence-corrected chi connectivity index (χ1v) is 3.56. The second-order valence-electron chi connectivity index (χ2n) is 2.30. The Morgan fingerprint density at radius 3 is 2.91 bits per heavy atom. The van der Waals surface area contributed by atoms with E-state index in [0.29, 0.717) is 6.42 Å². The number of carbonyl (C=O) groups is 1. The molecule has 11 heavy (non-hydrogen) atoms. The molecule has 0 aliphatic heterocycles. The van der Waals surface area contributed by atoms with E-state index >= 15 is 0 Å². The van der Waals surface area contributed by atoms with Gasteiger partial charge in [-0.1, -0.05) is 6.08 Å². The molecule has 0 radical (unpaired) electrons. The molecule has 0 aliphatic carbocycles. The van der Waals surface area contributed by atoms with Crippen LogP contribution in [0.2, 0.25) is 0 Å². The van der Waals surface area contributed by atoms with Gasteiger partial charge in [-0.15, -0.1) is 6.58 Å². The van der Waals surface area contributed by atoms with Crippen molar-refractivity contribution in [3.05, 3.63) is 12.7 Å². The van der Waals surface area contributed by atoms with Gasteiger partial charge < -0.3 is 9.84 Å². The maximum absolute atomic E-state index is 10.6. The number of rotatable bonds is 5. The van der Waals surface area contributed by atoms with E-state index in [0.717, 1.165) is 6.42 Å². The molecule has 0 bridgehead atoms. The van der Waals surface area contributed by atoms with E-state index in [-0.39, 0.29) is 12.4 Å². The Morgan fingerprint density at radius 1 is 1.82 bits per heavy atom. The molecule has 0 rings (SSSR count). The summed E-state index contributed by atoms with van der Waals surface area (Å²) in [5.41, 5.74) is 0. The van der Waals surface area contributed by atoms with Gasteiger partial charge in [0.05, 0.1) is 19.6 Å². The maximum Gasteiger partial charge on any atom is 0.308 e. The van der Waals surface area contributed by atoms with Crippen LogP contribution < -0.4 is 0 Å². The number of methoxy groups -OCH3 is 1. The van der Waals surface area contributed by atoms with Crippen molar-refractivity contribution in [2.45, 2.75) is 25.4 Å². The van der Waals surface area contributed by atoms with Crippen LogP contribution in [0, 0.1) is 0 Å². The highest BCUT2D eigenvalue weighted by Crippen LogP contribution is 2.02. The third-order valence-electron chi connectivity index (χ3n) is 1.33. The standard InChI is InChI=1S/C8H14O3/c1-3-4-5-7(9)6-8(10)11-2/h3,7,9H,1,4-6H2,2H3. The largest absolute Gasteiger partial charge is 0.469 e. The van der Waals surface area contributed by atoms with Gasteiger partial charge in [0.2, 0.25) is 0 Å². The quantitative estimate of drug-likeness (QED) is 0.477. The number of esters is 1. The first-order chi connectivity index (χ1) is 5.20. The van der Waals surface area contributed by atoms with Gasteiger partial charge in [0.25, 0.3) is 0 Å². The van der Waals surface area contributed by atoms with Crippen molar-refractivity contribution < 1.29 is 14.6 Å². The van der Waals surface area contributed by atoms with E-state index in [4.69, 9.17) is 5.11 Å². The molecule has 0 aromatic carbocycles. The van der Waals surface area contributed by atoms with Crippen molar-refractivity contribution in [3.8, 4) is 0 Å². The molecule has 0 saturated carbocycles. The zero-order chi connectivity index (χ0) is 8.69. The average Bonchev–Trinajstić information content (AvgIpc) is 2.00. The molecule has 0 aromatic heterocycles. The lowest BCUT2D eigenvalue weighted by atomic mass is 10.1. The number of carbonyl (C=O) groups excluding carboxylic acids is 1. The molecule has 0 aliphatic rings. The highest BCUT2D eigenvalue weighted by molar-refractivity contribution is 5.69. The van der Waals surface area contributed by atoms with Crippen LogP contribution in [0.1, 0.15) is 19.3 Å². The predicted octanol–water partition coefficient (Wildman–Crippen LogP) is 0.877. The van der Waals surface area contributed by atoms with Gasteiger partial charge in [0.15, 0.2) is 0 Å². The Balaban J connectivity index is 3.42. The zero-order valence-electron chi connectivity index (χ0n) is 6.75. The molecule has 0 spiro atoms. The third kappa shape index (κ3) is 5.61. The lowest BCUT2D eigenvalue weighted by Crippen LogP contribution is -2.13. The van der Waals surface area contributed by atoms with Crippen molar-refractivity contribution in [3.63, 3.8) is 0 Å². The first-order valence-electron chi connectivity index (χ1n) is 3.56. The van der Waals surface area contributed by atoms with Gasteiger partial charge >= 0.3 is 5.97 Å².